The van der Waals surface area contributed by atoms with Crippen molar-refractivity contribution in [1.29, 1.82) is 0 Å². The molecule has 0 amide bonds. The maximum absolute atomic E-state index is 5.88. The van der Waals surface area contributed by atoms with E-state index >= 15 is 0 Å². The molecular formula is C28H37N3O5. The van der Waals surface area contributed by atoms with Crippen LogP contribution in [0.4, 0.5) is 5.69 Å². The number of piperidine rings is 1. The number of para-hydroxylation sites is 1. The van der Waals surface area contributed by atoms with Crippen LogP contribution in [0.5, 0.6) is 28.7 Å². The lowest BCUT2D eigenvalue weighted by molar-refractivity contribution is 0.320. The molecule has 2 aliphatic heterocycles. The number of methoxy groups -OCH3 is 5. The van der Waals surface area contributed by atoms with E-state index in [9.17, 15) is 0 Å². The maximum atomic E-state index is 5.88. The number of anilines is 1. The monoisotopic (exact) mass is 495 g/mol. The molecule has 0 aromatic heterocycles. The molecule has 0 spiro atoms. The summed E-state index contributed by atoms with van der Waals surface area (Å²) in [5, 5.41) is 7.14. The SMILES string of the molecule is COc1cc(C2(CN(c3cccc(OC)c3OC)C3CCNCC3)C=CC=CN2)cc(OC)c1OC. The van der Waals surface area contributed by atoms with Crippen LogP contribution in [0, 0.1) is 0 Å². The fraction of sp³-hybridized carbons (Fsp3) is 0.429. The van der Waals surface area contributed by atoms with Crippen LogP contribution in [0.3, 0.4) is 0 Å². The summed E-state index contributed by atoms with van der Waals surface area (Å²) < 4.78 is 28.5. The third-order valence-corrected chi connectivity index (χ3v) is 6.97. The lowest BCUT2D eigenvalue weighted by atomic mass is 9.85. The minimum Gasteiger partial charge on any atom is -0.493 e. The number of hydrogen-bond donors (Lipinski definition) is 2. The minimum atomic E-state index is -0.569. The number of benzene rings is 2. The molecule has 2 N–H and O–H groups in total. The summed E-state index contributed by atoms with van der Waals surface area (Å²) in [7, 11) is 8.26. The topological polar surface area (TPSA) is 73.5 Å². The number of ether oxygens (including phenoxy) is 5. The summed E-state index contributed by atoms with van der Waals surface area (Å²) >= 11 is 0. The van der Waals surface area contributed by atoms with Gasteiger partial charge in [-0.3, -0.25) is 0 Å². The van der Waals surface area contributed by atoms with Crippen molar-refractivity contribution in [2.24, 2.45) is 0 Å². The summed E-state index contributed by atoms with van der Waals surface area (Å²) in [6, 6.07) is 10.4. The van der Waals surface area contributed by atoms with Crippen LogP contribution < -0.4 is 39.2 Å². The minimum absolute atomic E-state index is 0.312. The summed E-state index contributed by atoms with van der Waals surface area (Å²) in [6.45, 7) is 2.57. The Morgan fingerprint density at radius 3 is 2.06 bits per heavy atom. The molecule has 0 saturated carbocycles. The molecular weight excluding hydrogens is 458 g/mol. The van der Waals surface area contributed by atoms with Crippen molar-refractivity contribution in [2.75, 3.05) is 60.1 Å². The van der Waals surface area contributed by atoms with Gasteiger partial charge in [0.25, 0.3) is 0 Å². The van der Waals surface area contributed by atoms with Gasteiger partial charge in [0.15, 0.2) is 23.0 Å². The number of dihydropyridines is 1. The number of hydrogen-bond acceptors (Lipinski definition) is 8. The van der Waals surface area contributed by atoms with Crippen LogP contribution in [0.1, 0.15) is 18.4 Å². The van der Waals surface area contributed by atoms with Gasteiger partial charge < -0.3 is 39.2 Å². The van der Waals surface area contributed by atoms with Crippen LogP contribution in [-0.4, -0.2) is 61.2 Å². The van der Waals surface area contributed by atoms with Gasteiger partial charge in [0.2, 0.25) is 5.75 Å². The molecule has 194 valence electrons. The van der Waals surface area contributed by atoms with Gasteiger partial charge in [0.05, 0.1) is 46.8 Å². The molecule has 2 aromatic rings. The predicted molar refractivity (Wildman–Crippen MR) is 142 cm³/mol. The average Bonchev–Trinajstić information content (AvgIpc) is 2.95. The zero-order valence-electron chi connectivity index (χ0n) is 21.8. The molecule has 4 rings (SSSR count). The van der Waals surface area contributed by atoms with E-state index in [1.165, 1.54) is 0 Å². The fourth-order valence-electron chi connectivity index (χ4n) is 5.12. The Hall–Kier alpha value is -3.52. The van der Waals surface area contributed by atoms with Crippen molar-refractivity contribution in [1.82, 2.24) is 10.6 Å². The average molecular weight is 496 g/mol. The van der Waals surface area contributed by atoms with Gasteiger partial charge >= 0.3 is 0 Å². The Morgan fingerprint density at radius 1 is 0.833 bits per heavy atom. The smallest absolute Gasteiger partial charge is 0.203 e. The van der Waals surface area contributed by atoms with E-state index in [0.29, 0.717) is 35.6 Å². The standard InChI is InChI=1S/C28H37N3O5/c1-32-23-10-8-9-22(26(23)35-4)31(21-11-15-29-16-12-21)19-28(13-6-7-14-30-28)20-17-24(33-2)27(36-5)25(18-20)34-3/h6-10,13-14,17-18,21,29-30H,11-12,15-16,19H2,1-5H3. The Labute approximate surface area is 213 Å². The quantitative estimate of drug-likeness (QED) is 0.515. The molecule has 2 aliphatic rings. The first kappa shape index (κ1) is 25.6. The van der Waals surface area contributed by atoms with Crippen molar-refractivity contribution in [3.05, 3.63) is 60.3 Å². The van der Waals surface area contributed by atoms with Crippen LogP contribution in [0.15, 0.2) is 54.8 Å². The second-order valence-corrected chi connectivity index (χ2v) is 8.87. The van der Waals surface area contributed by atoms with Crippen molar-refractivity contribution >= 4 is 5.69 Å². The molecule has 36 heavy (non-hydrogen) atoms. The molecule has 0 aliphatic carbocycles. The summed E-state index contributed by atoms with van der Waals surface area (Å²) in [5.41, 5.74) is 1.43. The Kier molecular flexibility index (Phi) is 8.15. The highest BCUT2D eigenvalue weighted by Crippen LogP contribution is 2.44. The molecule has 1 atom stereocenters. The van der Waals surface area contributed by atoms with Crippen LogP contribution in [0.25, 0.3) is 0 Å². The van der Waals surface area contributed by atoms with Gasteiger partial charge in [-0.15, -0.1) is 0 Å². The molecule has 1 fully saturated rings. The van der Waals surface area contributed by atoms with Crippen molar-refractivity contribution in [2.45, 2.75) is 24.4 Å². The number of rotatable bonds is 10. The molecule has 1 saturated heterocycles. The normalized spacial score (nSPS) is 19.4. The molecule has 0 radical (unpaired) electrons. The molecule has 2 aromatic carbocycles. The third kappa shape index (κ3) is 4.91. The van der Waals surface area contributed by atoms with Gasteiger partial charge in [-0.05, 0) is 68.0 Å². The Balaban J connectivity index is 1.86. The molecule has 8 nitrogen and oxygen atoms in total. The van der Waals surface area contributed by atoms with E-state index < -0.39 is 5.54 Å². The van der Waals surface area contributed by atoms with Crippen LogP contribution in [0.2, 0.25) is 0 Å². The van der Waals surface area contributed by atoms with Crippen LogP contribution >= 0.6 is 0 Å². The van der Waals surface area contributed by atoms with Crippen LogP contribution in [-0.2, 0) is 5.54 Å². The number of allylic oxidation sites excluding steroid dienone is 2. The molecule has 2 heterocycles. The van der Waals surface area contributed by atoms with Crippen molar-refractivity contribution in [3.8, 4) is 28.7 Å². The van der Waals surface area contributed by atoms with Crippen molar-refractivity contribution in [3.63, 3.8) is 0 Å². The zero-order chi connectivity index (χ0) is 25.5. The largest absolute Gasteiger partial charge is 0.493 e. The van der Waals surface area contributed by atoms with Gasteiger partial charge in [-0.1, -0.05) is 18.2 Å². The highest BCUT2D eigenvalue weighted by Gasteiger charge is 2.37. The molecule has 1 unspecified atom stereocenters. The highest BCUT2D eigenvalue weighted by molar-refractivity contribution is 5.66. The fourth-order valence-corrected chi connectivity index (χ4v) is 5.12. The first-order chi connectivity index (χ1) is 17.6. The first-order valence-corrected chi connectivity index (χ1v) is 12.2. The Morgan fingerprint density at radius 2 is 1.50 bits per heavy atom. The molecule has 8 heteroatoms. The summed E-state index contributed by atoms with van der Waals surface area (Å²) in [5.74, 6) is 3.24. The van der Waals surface area contributed by atoms with E-state index in [4.69, 9.17) is 23.7 Å². The van der Waals surface area contributed by atoms with Gasteiger partial charge in [-0.25, -0.2) is 0 Å². The highest BCUT2D eigenvalue weighted by atomic mass is 16.5. The van der Waals surface area contributed by atoms with E-state index in [-0.39, 0.29) is 0 Å². The summed E-state index contributed by atoms with van der Waals surface area (Å²) in [4.78, 5) is 2.45. The van der Waals surface area contributed by atoms with Gasteiger partial charge in [0.1, 0.15) is 0 Å². The lowest BCUT2D eigenvalue weighted by Crippen LogP contribution is -2.53. The van der Waals surface area contributed by atoms with Gasteiger partial charge in [-0.2, -0.15) is 0 Å². The zero-order valence-corrected chi connectivity index (χ0v) is 21.8. The second kappa shape index (κ2) is 11.5. The van der Waals surface area contributed by atoms with E-state index in [0.717, 1.165) is 42.9 Å². The van der Waals surface area contributed by atoms with Gasteiger partial charge in [0, 0.05) is 12.6 Å². The van der Waals surface area contributed by atoms with Crippen molar-refractivity contribution < 1.29 is 23.7 Å². The first-order valence-electron chi connectivity index (χ1n) is 12.2. The lowest BCUT2D eigenvalue weighted by Gasteiger charge is -2.44. The van der Waals surface area contributed by atoms with E-state index in [1.807, 2.05) is 36.5 Å². The number of nitrogens with one attached hydrogen (secondary N) is 2. The predicted octanol–water partition coefficient (Wildman–Crippen LogP) is 3.86. The summed E-state index contributed by atoms with van der Waals surface area (Å²) in [6.07, 6.45) is 10.3. The van der Waals surface area contributed by atoms with E-state index in [2.05, 4.69) is 33.8 Å². The third-order valence-electron chi connectivity index (χ3n) is 6.97. The number of nitrogens with zero attached hydrogens (tertiary/aromatic N) is 1. The maximum Gasteiger partial charge on any atom is 0.203 e. The van der Waals surface area contributed by atoms with E-state index in [1.54, 1.807) is 35.5 Å². The Bertz CT molecular complexity index is 1070. The second-order valence-electron chi connectivity index (χ2n) is 8.87. The molecule has 0 bridgehead atoms.